The van der Waals surface area contributed by atoms with Crippen molar-refractivity contribution in [2.24, 2.45) is 0 Å². The van der Waals surface area contributed by atoms with Gasteiger partial charge >= 0.3 is 0 Å². The van der Waals surface area contributed by atoms with E-state index in [0.29, 0.717) is 0 Å². The maximum absolute atomic E-state index is 2.45. The minimum atomic E-state index is 1.11. The molecule has 0 fully saturated rings. The lowest BCUT2D eigenvalue weighted by Gasteiger charge is -2.28. The van der Waals surface area contributed by atoms with Gasteiger partial charge < -0.3 is 4.90 Å². The van der Waals surface area contributed by atoms with E-state index in [1.807, 2.05) is 11.3 Å². The van der Waals surface area contributed by atoms with Crippen molar-refractivity contribution >= 4 is 91.7 Å². The Labute approximate surface area is 317 Å². The molecule has 0 radical (unpaired) electrons. The second kappa shape index (κ2) is 12.4. The van der Waals surface area contributed by atoms with E-state index in [2.05, 4.69) is 205 Å². The molecule has 0 unspecified atom stereocenters. The molecule has 1 heterocycles. The molecule has 0 aliphatic heterocycles. The maximum Gasteiger partial charge on any atom is 0.0546 e. The van der Waals surface area contributed by atoms with E-state index in [9.17, 15) is 0 Å². The Balaban J connectivity index is 1.15. The zero-order valence-corrected chi connectivity index (χ0v) is 30.2. The quantitative estimate of drug-likeness (QED) is 0.161. The molecule has 0 atom stereocenters. The molecule has 0 saturated heterocycles. The van der Waals surface area contributed by atoms with E-state index < -0.39 is 0 Å². The lowest BCUT2D eigenvalue weighted by molar-refractivity contribution is 1.30. The SMILES string of the molecule is c1ccc(-c2ccc(N(c3ccc(-c4cccc5c4sc4ccccc45)cc3)c3cc4ccccc4c4c3ccc3ccc5ccccc5c34)cc2)cc1. The number of anilines is 3. The predicted molar refractivity (Wildman–Crippen MR) is 235 cm³/mol. The Kier molecular flexibility index (Phi) is 7.11. The monoisotopic (exact) mass is 703 g/mol. The van der Waals surface area contributed by atoms with E-state index in [-0.39, 0.29) is 0 Å². The van der Waals surface area contributed by atoms with Gasteiger partial charge in [-0.3, -0.25) is 0 Å². The van der Waals surface area contributed by atoms with Gasteiger partial charge in [0, 0.05) is 42.3 Å². The van der Waals surface area contributed by atoms with Crippen molar-refractivity contribution in [1.82, 2.24) is 0 Å². The van der Waals surface area contributed by atoms with Gasteiger partial charge in [0.1, 0.15) is 0 Å². The minimum absolute atomic E-state index is 1.11. The molecule has 11 rings (SSSR count). The van der Waals surface area contributed by atoms with Crippen molar-refractivity contribution in [2.45, 2.75) is 0 Å². The Morgan fingerprint density at radius 3 is 1.69 bits per heavy atom. The van der Waals surface area contributed by atoms with Gasteiger partial charge in [-0.15, -0.1) is 11.3 Å². The fraction of sp³-hybridized carbons (Fsp3) is 0. The number of nitrogens with zero attached hydrogens (tertiary/aromatic N) is 1. The third kappa shape index (κ3) is 4.92. The number of rotatable bonds is 5. The Hall–Kier alpha value is -6.74. The molecule has 252 valence electrons. The van der Waals surface area contributed by atoms with E-state index >= 15 is 0 Å². The van der Waals surface area contributed by atoms with Crippen LogP contribution >= 0.6 is 11.3 Å². The van der Waals surface area contributed by atoms with Crippen LogP contribution in [0.15, 0.2) is 200 Å². The number of hydrogen-bond donors (Lipinski definition) is 0. The topological polar surface area (TPSA) is 3.24 Å². The molecule has 54 heavy (non-hydrogen) atoms. The molecule has 0 aliphatic carbocycles. The van der Waals surface area contributed by atoms with Crippen LogP contribution in [-0.4, -0.2) is 0 Å². The Morgan fingerprint density at radius 2 is 0.907 bits per heavy atom. The fourth-order valence-electron chi connectivity index (χ4n) is 8.48. The smallest absolute Gasteiger partial charge is 0.0546 e. The van der Waals surface area contributed by atoms with Crippen molar-refractivity contribution in [2.75, 3.05) is 4.90 Å². The molecule has 0 aliphatic rings. The lowest BCUT2D eigenvalue weighted by atomic mass is 9.91. The summed E-state index contributed by atoms with van der Waals surface area (Å²) in [7, 11) is 0. The van der Waals surface area contributed by atoms with Gasteiger partial charge in [-0.05, 0) is 91.0 Å². The summed E-state index contributed by atoms with van der Waals surface area (Å²) in [6.07, 6.45) is 0. The van der Waals surface area contributed by atoms with Crippen LogP contribution in [0, 0.1) is 0 Å². The molecule has 11 aromatic rings. The van der Waals surface area contributed by atoms with Gasteiger partial charge in [-0.25, -0.2) is 0 Å². The summed E-state index contributed by atoms with van der Waals surface area (Å²) in [5, 5.41) is 12.7. The molecule has 0 spiro atoms. The molecule has 0 N–H and O–H groups in total. The van der Waals surface area contributed by atoms with Crippen molar-refractivity contribution < 1.29 is 0 Å². The molecule has 0 bridgehead atoms. The average Bonchev–Trinajstić information content (AvgIpc) is 3.63. The van der Waals surface area contributed by atoms with Crippen LogP contribution in [0.3, 0.4) is 0 Å². The molecule has 1 aromatic heterocycles. The average molecular weight is 704 g/mol. The summed E-state index contributed by atoms with van der Waals surface area (Å²) < 4.78 is 2.66. The standard InChI is InChI=1S/C52H33NS/c1-2-11-34(12-3-1)35-23-28-40(29-24-35)53(41-30-25-37(26-31-41)44-18-10-19-46-45-17-8-9-20-49(45)54-52(44)46)48-33-39-14-5-7-16-43(39)51-47(48)32-27-38-22-21-36-13-4-6-15-42(36)50(38)51/h1-33H. The highest BCUT2D eigenvalue weighted by atomic mass is 32.1. The maximum atomic E-state index is 2.45. The Bertz CT molecular complexity index is 3190. The van der Waals surface area contributed by atoms with E-state index in [1.165, 1.54) is 85.5 Å². The number of benzene rings is 10. The molecule has 1 nitrogen and oxygen atoms in total. The summed E-state index contributed by atoms with van der Waals surface area (Å²) in [5.74, 6) is 0. The van der Waals surface area contributed by atoms with Crippen LogP contribution in [-0.2, 0) is 0 Å². The first kappa shape index (κ1) is 30.8. The summed E-state index contributed by atoms with van der Waals surface area (Å²) >= 11 is 1.88. The van der Waals surface area contributed by atoms with Crippen LogP contribution < -0.4 is 4.90 Å². The van der Waals surface area contributed by atoms with Gasteiger partial charge in [0.2, 0.25) is 0 Å². The van der Waals surface area contributed by atoms with Gasteiger partial charge in [0.05, 0.1) is 5.69 Å². The molecule has 2 heteroatoms. The summed E-state index contributed by atoms with van der Waals surface area (Å²) in [5.41, 5.74) is 8.29. The molecule has 0 saturated carbocycles. The predicted octanol–water partition coefficient (Wildman–Crippen LogP) is 15.5. The number of hydrogen-bond acceptors (Lipinski definition) is 2. The first-order chi connectivity index (χ1) is 26.8. The zero-order chi connectivity index (χ0) is 35.6. The van der Waals surface area contributed by atoms with Crippen LogP contribution in [0.2, 0.25) is 0 Å². The normalized spacial score (nSPS) is 11.7. The van der Waals surface area contributed by atoms with Crippen LogP contribution in [0.5, 0.6) is 0 Å². The second-order valence-electron chi connectivity index (χ2n) is 14.1. The van der Waals surface area contributed by atoms with Gasteiger partial charge in [0.25, 0.3) is 0 Å². The first-order valence-corrected chi connectivity index (χ1v) is 19.3. The van der Waals surface area contributed by atoms with Crippen LogP contribution in [0.4, 0.5) is 17.1 Å². The van der Waals surface area contributed by atoms with E-state index in [1.54, 1.807) is 0 Å². The summed E-state index contributed by atoms with van der Waals surface area (Å²) in [6.45, 7) is 0. The minimum Gasteiger partial charge on any atom is -0.310 e. The zero-order valence-electron chi connectivity index (χ0n) is 29.4. The molecular formula is C52H33NS. The van der Waals surface area contributed by atoms with Crippen molar-refractivity contribution in [3.8, 4) is 22.3 Å². The van der Waals surface area contributed by atoms with Gasteiger partial charge in [0.15, 0.2) is 0 Å². The highest BCUT2D eigenvalue weighted by Crippen LogP contribution is 2.46. The van der Waals surface area contributed by atoms with Crippen LogP contribution in [0.1, 0.15) is 0 Å². The third-order valence-electron chi connectivity index (χ3n) is 11.0. The van der Waals surface area contributed by atoms with Crippen molar-refractivity contribution in [3.63, 3.8) is 0 Å². The fourth-order valence-corrected chi connectivity index (χ4v) is 9.71. The number of fused-ring (bicyclic) bond motifs is 10. The van der Waals surface area contributed by atoms with Crippen molar-refractivity contribution in [3.05, 3.63) is 200 Å². The molecular weight excluding hydrogens is 671 g/mol. The Morgan fingerprint density at radius 1 is 0.333 bits per heavy atom. The first-order valence-electron chi connectivity index (χ1n) is 18.5. The summed E-state index contributed by atoms with van der Waals surface area (Å²) in [6, 6.07) is 73.5. The third-order valence-corrected chi connectivity index (χ3v) is 12.2. The number of thiophene rings is 1. The summed E-state index contributed by atoms with van der Waals surface area (Å²) in [4.78, 5) is 2.45. The highest BCUT2D eigenvalue weighted by Gasteiger charge is 2.20. The van der Waals surface area contributed by atoms with E-state index in [4.69, 9.17) is 0 Å². The highest BCUT2D eigenvalue weighted by molar-refractivity contribution is 7.26. The second-order valence-corrected chi connectivity index (χ2v) is 15.1. The lowest BCUT2D eigenvalue weighted by Crippen LogP contribution is -2.10. The van der Waals surface area contributed by atoms with Gasteiger partial charge in [-0.1, -0.05) is 164 Å². The van der Waals surface area contributed by atoms with Crippen molar-refractivity contribution in [1.29, 1.82) is 0 Å². The molecule has 0 amide bonds. The molecule has 10 aromatic carbocycles. The van der Waals surface area contributed by atoms with Gasteiger partial charge in [-0.2, -0.15) is 0 Å². The largest absolute Gasteiger partial charge is 0.310 e. The van der Waals surface area contributed by atoms with E-state index in [0.717, 1.165) is 17.1 Å². The van der Waals surface area contributed by atoms with Crippen LogP contribution in [0.25, 0.3) is 85.5 Å².